The first kappa shape index (κ1) is 33.5. The molecule has 0 heteroatoms. The lowest BCUT2D eigenvalue weighted by Crippen LogP contribution is -2.24. The second kappa shape index (κ2) is 15.9. The molecule has 216 valence electrons. The molecule has 0 spiro atoms. The average Bonchev–Trinajstić information content (AvgIpc) is 2.85. The fourth-order valence-electron chi connectivity index (χ4n) is 5.97. The molecule has 2 unspecified atom stereocenters. The summed E-state index contributed by atoms with van der Waals surface area (Å²) in [6, 6.07) is 0. The molecule has 40 heavy (non-hydrogen) atoms. The van der Waals surface area contributed by atoms with Gasteiger partial charge in [-0.25, -0.2) is 0 Å². The molecule has 0 amide bonds. The van der Waals surface area contributed by atoms with Gasteiger partial charge in [-0.15, -0.1) is 0 Å². The fraction of sp³-hybridized carbons (Fsp3) is 0.550. The summed E-state index contributed by atoms with van der Waals surface area (Å²) >= 11 is 0. The summed E-state index contributed by atoms with van der Waals surface area (Å²) in [5, 5.41) is 0. The van der Waals surface area contributed by atoms with E-state index in [9.17, 15) is 0 Å². The van der Waals surface area contributed by atoms with Gasteiger partial charge in [0.2, 0.25) is 0 Å². The van der Waals surface area contributed by atoms with Gasteiger partial charge in [0.25, 0.3) is 0 Å². The van der Waals surface area contributed by atoms with E-state index in [2.05, 4.69) is 135 Å². The van der Waals surface area contributed by atoms with Crippen LogP contribution in [0.1, 0.15) is 121 Å². The molecule has 1 fully saturated rings. The summed E-state index contributed by atoms with van der Waals surface area (Å²) in [6.45, 7) is 22.8. The van der Waals surface area contributed by atoms with E-state index in [-0.39, 0.29) is 11.3 Å². The zero-order chi connectivity index (χ0) is 29.8. The molecule has 0 aromatic rings. The first-order valence-corrected chi connectivity index (χ1v) is 15.6. The van der Waals surface area contributed by atoms with Crippen molar-refractivity contribution in [1.29, 1.82) is 0 Å². The number of rotatable bonds is 7. The van der Waals surface area contributed by atoms with Crippen LogP contribution >= 0.6 is 0 Å². The first-order chi connectivity index (χ1) is 18.8. The molecule has 0 N–H and O–H groups in total. The van der Waals surface area contributed by atoms with Gasteiger partial charge >= 0.3 is 0 Å². The van der Waals surface area contributed by atoms with Crippen molar-refractivity contribution in [2.24, 2.45) is 22.7 Å². The summed E-state index contributed by atoms with van der Waals surface area (Å²) in [5.74, 6) is 14.2. The lowest BCUT2D eigenvalue weighted by atomic mass is 9.68. The van der Waals surface area contributed by atoms with E-state index >= 15 is 0 Å². The van der Waals surface area contributed by atoms with Crippen LogP contribution < -0.4 is 0 Å². The molecule has 0 heterocycles. The van der Waals surface area contributed by atoms with E-state index < -0.39 is 0 Å². The van der Waals surface area contributed by atoms with Crippen LogP contribution in [0.25, 0.3) is 0 Å². The first-order valence-electron chi connectivity index (χ1n) is 15.6. The van der Waals surface area contributed by atoms with Gasteiger partial charge in [-0.05, 0) is 93.8 Å². The van der Waals surface area contributed by atoms with Crippen LogP contribution in [-0.2, 0) is 0 Å². The van der Waals surface area contributed by atoms with E-state index in [0.717, 1.165) is 18.4 Å². The topological polar surface area (TPSA) is 0 Å². The number of allylic oxidation sites excluding steroid dienone is 14. The van der Waals surface area contributed by atoms with Crippen LogP contribution in [0.2, 0.25) is 0 Å². The Morgan fingerprint density at radius 3 is 2.38 bits per heavy atom. The van der Waals surface area contributed by atoms with Crippen LogP contribution in [0, 0.1) is 46.3 Å². The molecular formula is C40H56. The lowest BCUT2D eigenvalue weighted by molar-refractivity contribution is 0.290. The zero-order valence-electron chi connectivity index (χ0n) is 27.4. The van der Waals surface area contributed by atoms with E-state index in [4.69, 9.17) is 0 Å². The van der Waals surface area contributed by atoms with Crippen LogP contribution in [0.3, 0.4) is 0 Å². The van der Waals surface area contributed by atoms with Crippen LogP contribution in [0.15, 0.2) is 82.0 Å². The van der Waals surface area contributed by atoms with Gasteiger partial charge < -0.3 is 0 Å². The van der Waals surface area contributed by atoms with Gasteiger partial charge in [-0.2, -0.15) is 0 Å². The summed E-state index contributed by atoms with van der Waals surface area (Å²) in [4.78, 5) is 0. The van der Waals surface area contributed by atoms with Crippen molar-refractivity contribution < 1.29 is 0 Å². The summed E-state index contributed by atoms with van der Waals surface area (Å²) in [5.41, 5.74) is 9.03. The van der Waals surface area contributed by atoms with Gasteiger partial charge in [0, 0.05) is 18.8 Å². The minimum absolute atomic E-state index is 0.283. The van der Waals surface area contributed by atoms with Gasteiger partial charge in [-0.1, -0.05) is 136 Å². The van der Waals surface area contributed by atoms with Crippen molar-refractivity contribution in [2.45, 2.75) is 121 Å². The lowest BCUT2D eigenvalue weighted by Gasteiger charge is -2.37. The van der Waals surface area contributed by atoms with Gasteiger partial charge in [0.15, 0.2) is 0 Å². The monoisotopic (exact) mass is 536 g/mol. The highest BCUT2D eigenvalue weighted by molar-refractivity contribution is 5.37. The second-order valence-corrected chi connectivity index (χ2v) is 13.7. The third kappa shape index (κ3) is 11.4. The van der Waals surface area contributed by atoms with Crippen molar-refractivity contribution in [1.82, 2.24) is 0 Å². The zero-order valence-corrected chi connectivity index (χ0v) is 27.4. The maximum absolute atomic E-state index is 3.39. The maximum Gasteiger partial charge on any atom is 0.0299 e. The van der Waals surface area contributed by atoms with Crippen LogP contribution in [-0.4, -0.2) is 0 Å². The molecule has 2 atom stereocenters. The molecule has 1 saturated carbocycles. The van der Waals surface area contributed by atoms with Crippen molar-refractivity contribution in [2.75, 3.05) is 0 Å². The smallest absolute Gasteiger partial charge is 0.0299 e. The standard InChI is InChI=1S/C40H56/c1-31(19-13-21-33(3)25-27-37-35(5)23-15-29-39(37,7)8)17-11-12-18-32(2)20-14-22-34(4)26-28-38-36(6)24-16-30-40(38,9)10/h13,17,19,21,25-28,32,36H,15-16,18,22-24,29-30H2,1-10H3/b19-13+,27-25+,31-17+,33-21+,34-26+,38-28+. The highest BCUT2D eigenvalue weighted by Gasteiger charge is 2.30. The van der Waals surface area contributed by atoms with E-state index in [1.54, 1.807) is 11.1 Å². The van der Waals surface area contributed by atoms with Crippen LogP contribution in [0.5, 0.6) is 0 Å². The Hall–Kier alpha value is -2.70. The molecule has 2 aliphatic rings. The largest absolute Gasteiger partial charge is 0.0989 e. The Morgan fingerprint density at radius 1 is 0.950 bits per heavy atom. The normalized spacial score (nSPS) is 23.7. The van der Waals surface area contributed by atoms with Gasteiger partial charge in [-0.3, -0.25) is 0 Å². The molecule has 2 aliphatic carbocycles. The molecule has 0 aromatic heterocycles. The predicted molar refractivity (Wildman–Crippen MR) is 179 cm³/mol. The molecule has 0 aliphatic heterocycles. The van der Waals surface area contributed by atoms with Crippen molar-refractivity contribution in [3.8, 4) is 23.7 Å². The molecular weight excluding hydrogens is 480 g/mol. The Balaban J connectivity index is 1.84. The average molecular weight is 537 g/mol. The maximum atomic E-state index is 3.39. The van der Waals surface area contributed by atoms with Crippen molar-refractivity contribution in [3.63, 3.8) is 0 Å². The quantitative estimate of drug-likeness (QED) is 0.224. The summed E-state index contributed by atoms with van der Waals surface area (Å²) < 4.78 is 0. The van der Waals surface area contributed by atoms with Gasteiger partial charge in [0.05, 0.1) is 0 Å². The third-order valence-electron chi connectivity index (χ3n) is 8.60. The molecule has 0 bridgehead atoms. The SMILES string of the molecule is CC1=C(/C=C/C(C)=C/C=C/C(C)=C/C#CCC(C)C#CC/C(C)=C/C=C2\C(C)CCCC2(C)C)C(C)(C)CCC1. The number of hydrogen-bond donors (Lipinski definition) is 0. The Labute approximate surface area is 248 Å². The highest BCUT2D eigenvalue weighted by Crippen LogP contribution is 2.43. The van der Waals surface area contributed by atoms with E-state index in [0.29, 0.717) is 11.3 Å². The second-order valence-electron chi connectivity index (χ2n) is 13.7. The Morgan fingerprint density at radius 2 is 1.68 bits per heavy atom. The minimum Gasteiger partial charge on any atom is -0.0989 e. The van der Waals surface area contributed by atoms with E-state index in [1.807, 2.05) is 6.08 Å². The van der Waals surface area contributed by atoms with E-state index in [1.165, 1.54) is 55.2 Å². The third-order valence-corrected chi connectivity index (χ3v) is 8.60. The molecule has 0 nitrogen and oxygen atoms in total. The van der Waals surface area contributed by atoms with Crippen molar-refractivity contribution >= 4 is 0 Å². The molecule has 0 radical (unpaired) electrons. The minimum atomic E-state index is 0.283. The van der Waals surface area contributed by atoms with Gasteiger partial charge in [0.1, 0.15) is 0 Å². The molecule has 2 rings (SSSR count). The summed E-state index contributed by atoms with van der Waals surface area (Å²) in [7, 11) is 0. The van der Waals surface area contributed by atoms with Crippen LogP contribution in [0.4, 0.5) is 0 Å². The Kier molecular flexibility index (Phi) is 13.3. The highest BCUT2D eigenvalue weighted by atomic mass is 14.4. The Bertz CT molecular complexity index is 1200. The molecule has 0 aromatic carbocycles. The number of hydrogen-bond acceptors (Lipinski definition) is 0. The predicted octanol–water partition coefficient (Wildman–Crippen LogP) is 11.7. The molecule has 0 saturated heterocycles. The fourth-order valence-corrected chi connectivity index (χ4v) is 5.97. The summed E-state index contributed by atoms with van der Waals surface area (Å²) in [6.07, 6.45) is 27.1. The van der Waals surface area contributed by atoms with Crippen molar-refractivity contribution in [3.05, 3.63) is 82.0 Å².